The van der Waals surface area contributed by atoms with Gasteiger partial charge in [0, 0.05) is 43.8 Å². The molecule has 12 heteroatoms. The smallest absolute Gasteiger partial charge is 0.334 e. The molecule has 0 aliphatic carbocycles. The zero-order valence-corrected chi connectivity index (χ0v) is 20.1. The summed E-state index contributed by atoms with van der Waals surface area (Å²) in [5.41, 5.74) is 1.31. The lowest BCUT2D eigenvalue weighted by Crippen LogP contribution is -2.51. The van der Waals surface area contributed by atoms with Crippen molar-refractivity contribution < 1.29 is 26.4 Å². The molecule has 2 amide bonds. The van der Waals surface area contributed by atoms with Gasteiger partial charge in [0.15, 0.2) is 9.84 Å². The molecule has 1 unspecified atom stereocenters. The van der Waals surface area contributed by atoms with Crippen molar-refractivity contribution in [3.05, 3.63) is 53.3 Å². The average molecular weight is 519 g/mol. The van der Waals surface area contributed by atoms with Crippen LogP contribution in [0.3, 0.4) is 0 Å². The van der Waals surface area contributed by atoms with E-state index in [0.29, 0.717) is 37.3 Å². The number of carbonyl (C=O) groups excluding carboxylic acids is 1. The molecule has 1 atom stereocenters. The molecular formula is C22H26ClF3N4O3S. The Morgan fingerprint density at radius 2 is 1.97 bits per heavy atom. The maximum Gasteiger partial charge on any atom is 0.433 e. The molecule has 1 N–H and O–H groups in total. The number of rotatable bonds is 4. The first-order chi connectivity index (χ1) is 15.5. The maximum absolute atomic E-state index is 12.9. The highest BCUT2D eigenvalue weighted by molar-refractivity contribution is 7.90. The Labute approximate surface area is 202 Å². The molecule has 3 heterocycles. The number of carbonyl (C=O) groups is 1. The monoisotopic (exact) mass is 518 g/mol. The number of sulfone groups is 1. The van der Waals surface area contributed by atoms with Crippen molar-refractivity contribution in [1.82, 2.24) is 15.2 Å². The number of pyridine rings is 1. The molecule has 0 saturated carbocycles. The van der Waals surface area contributed by atoms with E-state index >= 15 is 0 Å². The molecule has 0 radical (unpaired) electrons. The van der Waals surface area contributed by atoms with Gasteiger partial charge < -0.3 is 5.32 Å². The second-order valence-corrected chi connectivity index (χ2v) is 10.6. The van der Waals surface area contributed by atoms with Crippen LogP contribution in [0.5, 0.6) is 0 Å². The summed E-state index contributed by atoms with van der Waals surface area (Å²) in [6.45, 7) is 2.30. The highest BCUT2D eigenvalue weighted by atomic mass is 35.5. The zero-order valence-electron chi connectivity index (χ0n) is 18.5. The zero-order chi connectivity index (χ0) is 23.8. The molecule has 2 aliphatic rings. The van der Waals surface area contributed by atoms with Crippen LogP contribution in [0.25, 0.3) is 0 Å². The molecule has 4 rings (SSSR count). The third-order valence-corrected chi connectivity index (χ3v) is 7.08. The number of likely N-dealkylation sites (tertiary alicyclic amines) is 1. The van der Waals surface area contributed by atoms with Crippen LogP contribution in [-0.2, 0) is 29.0 Å². The second-order valence-electron chi connectivity index (χ2n) is 8.54. The number of piperidine rings is 1. The summed E-state index contributed by atoms with van der Waals surface area (Å²) in [6.07, 6.45) is 0.193. The van der Waals surface area contributed by atoms with Crippen molar-refractivity contribution in [1.29, 1.82) is 0 Å². The largest absolute Gasteiger partial charge is 0.433 e. The molecule has 1 aromatic heterocycles. The molecule has 1 fully saturated rings. The van der Waals surface area contributed by atoms with Crippen LogP contribution in [0.4, 0.5) is 23.7 Å². The molecule has 7 nitrogen and oxygen atoms in total. The van der Waals surface area contributed by atoms with Crippen molar-refractivity contribution >= 4 is 34.0 Å². The SMILES string of the molecule is CS(=O)(=O)c1ccc2c(c1)CCN2C(=O)NC1CCCN(Cc2ccc(C(F)(F)F)nc2)C1.Cl. The molecule has 34 heavy (non-hydrogen) atoms. The van der Waals surface area contributed by atoms with E-state index in [9.17, 15) is 26.4 Å². The topological polar surface area (TPSA) is 82.6 Å². The standard InChI is InChI=1S/C22H25F3N4O3S.ClH/c1-33(31,32)18-5-6-19-16(11-18)8-10-29(19)21(30)27-17-3-2-9-28(14-17)13-15-4-7-20(26-12-15)22(23,24)25;/h4-7,11-12,17H,2-3,8-10,13-14H2,1H3,(H,27,30);1H. The van der Waals surface area contributed by atoms with Gasteiger partial charge in [0.2, 0.25) is 0 Å². The Hall–Kier alpha value is -2.37. The predicted molar refractivity (Wildman–Crippen MR) is 124 cm³/mol. The van der Waals surface area contributed by atoms with Gasteiger partial charge in [0.1, 0.15) is 5.69 Å². The number of hydrogen-bond acceptors (Lipinski definition) is 5. The fourth-order valence-electron chi connectivity index (χ4n) is 4.33. The number of urea groups is 1. The summed E-state index contributed by atoms with van der Waals surface area (Å²) in [5.74, 6) is 0. The lowest BCUT2D eigenvalue weighted by Gasteiger charge is -2.34. The fourth-order valence-corrected chi connectivity index (χ4v) is 5.00. The van der Waals surface area contributed by atoms with Crippen molar-refractivity contribution in [2.75, 3.05) is 30.8 Å². The average Bonchev–Trinajstić information content (AvgIpc) is 3.17. The quantitative estimate of drug-likeness (QED) is 0.668. The summed E-state index contributed by atoms with van der Waals surface area (Å²) in [7, 11) is -3.31. The van der Waals surface area contributed by atoms with Gasteiger partial charge in [-0.2, -0.15) is 13.2 Å². The predicted octanol–water partition coefficient (Wildman–Crippen LogP) is 3.66. The van der Waals surface area contributed by atoms with Crippen LogP contribution in [-0.4, -0.2) is 56.3 Å². The van der Waals surface area contributed by atoms with Gasteiger partial charge >= 0.3 is 12.2 Å². The lowest BCUT2D eigenvalue weighted by atomic mass is 10.1. The van der Waals surface area contributed by atoms with Crippen molar-refractivity contribution in [3.8, 4) is 0 Å². The van der Waals surface area contributed by atoms with Crippen LogP contribution < -0.4 is 10.2 Å². The first-order valence-corrected chi connectivity index (χ1v) is 12.6. The maximum atomic E-state index is 12.9. The highest BCUT2D eigenvalue weighted by Crippen LogP contribution is 2.31. The van der Waals surface area contributed by atoms with Gasteiger partial charge in [0.05, 0.1) is 4.90 Å². The van der Waals surface area contributed by atoms with Gasteiger partial charge in [-0.05, 0) is 61.2 Å². The molecule has 186 valence electrons. The molecule has 0 spiro atoms. The minimum Gasteiger partial charge on any atom is -0.334 e. The van der Waals surface area contributed by atoms with Crippen molar-refractivity contribution in [2.45, 2.75) is 42.9 Å². The first kappa shape index (κ1) is 26.2. The minimum absolute atomic E-state index is 0. The summed E-state index contributed by atoms with van der Waals surface area (Å²) in [6, 6.07) is 6.90. The van der Waals surface area contributed by atoms with Gasteiger partial charge in [0.25, 0.3) is 0 Å². The Bertz CT molecular complexity index is 1140. The molecular weight excluding hydrogens is 493 g/mol. The van der Waals surface area contributed by atoms with Gasteiger partial charge in [-0.15, -0.1) is 12.4 Å². The van der Waals surface area contributed by atoms with Crippen molar-refractivity contribution in [3.63, 3.8) is 0 Å². The number of benzene rings is 1. The van der Waals surface area contributed by atoms with E-state index in [-0.39, 0.29) is 29.4 Å². The van der Waals surface area contributed by atoms with Crippen LogP contribution in [0.2, 0.25) is 0 Å². The van der Waals surface area contributed by atoms with E-state index in [1.165, 1.54) is 18.3 Å². The molecule has 2 aromatic rings. The minimum atomic E-state index is -4.46. The number of fused-ring (bicyclic) bond motifs is 1. The van der Waals surface area contributed by atoms with E-state index in [1.54, 1.807) is 17.0 Å². The molecule has 2 aliphatic heterocycles. The molecule has 1 saturated heterocycles. The Kier molecular flexibility index (Phi) is 7.79. The summed E-state index contributed by atoms with van der Waals surface area (Å²) < 4.78 is 61.7. The number of alkyl halides is 3. The Morgan fingerprint density at radius 1 is 1.21 bits per heavy atom. The summed E-state index contributed by atoms with van der Waals surface area (Å²) >= 11 is 0. The number of aromatic nitrogens is 1. The summed E-state index contributed by atoms with van der Waals surface area (Å²) in [5, 5.41) is 3.05. The van der Waals surface area contributed by atoms with Gasteiger partial charge in [-0.1, -0.05) is 6.07 Å². The van der Waals surface area contributed by atoms with Crippen LogP contribution >= 0.6 is 12.4 Å². The third-order valence-electron chi connectivity index (χ3n) is 5.97. The van der Waals surface area contributed by atoms with Crippen molar-refractivity contribution in [2.24, 2.45) is 0 Å². The van der Waals surface area contributed by atoms with E-state index in [1.807, 2.05) is 0 Å². The third kappa shape index (κ3) is 6.00. The normalized spacial score (nSPS) is 18.8. The number of halogens is 4. The highest BCUT2D eigenvalue weighted by Gasteiger charge is 2.32. The fraction of sp³-hybridized carbons (Fsp3) is 0.455. The Balaban J connectivity index is 0.00000324. The second kappa shape index (κ2) is 10.1. The van der Waals surface area contributed by atoms with E-state index in [2.05, 4.69) is 15.2 Å². The number of hydrogen-bond donors (Lipinski definition) is 1. The molecule has 1 aromatic carbocycles. The lowest BCUT2D eigenvalue weighted by molar-refractivity contribution is -0.141. The number of nitrogens with one attached hydrogen (secondary N) is 1. The number of amides is 2. The van der Waals surface area contributed by atoms with Gasteiger partial charge in [-0.25, -0.2) is 13.2 Å². The first-order valence-electron chi connectivity index (χ1n) is 10.7. The Morgan fingerprint density at radius 3 is 2.62 bits per heavy atom. The van der Waals surface area contributed by atoms with E-state index in [4.69, 9.17) is 0 Å². The van der Waals surface area contributed by atoms with Crippen LogP contribution in [0.15, 0.2) is 41.4 Å². The van der Waals surface area contributed by atoms with Crippen LogP contribution in [0, 0.1) is 0 Å². The van der Waals surface area contributed by atoms with Crippen LogP contribution in [0.1, 0.15) is 29.7 Å². The van der Waals surface area contributed by atoms with E-state index < -0.39 is 21.7 Å². The number of anilines is 1. The molecule has 0 bridgehead atoms. The van der Waals surface area contributed by atoms with Gasteiger partial charge in [-0.3, -0.25) is 14.8 Å². The van der Waals surface area contributed by atoms with E-state index in [0.717, 1.165) is 37.3 Å². The summed E-state index contributed by atoms with van der Waals surface area (Å²) in [4.78, 5) is 20.4. The number of nitrogens with zero attached hydrogens (tertiary/aromatic N) is 3.